The van der Waals surface area contributed by atoms with Crippen molar-refractivity contribution in [2.45, 2.75) is 52.4 Å². The summed E-state index contributed by atoms with van der Waals surface area (Å²) >= 11 is 0. The van der Waals surface area contributed by atoms with Gasteiger partial charge in [-0.3, -0.25) is 4.98 Å². The molecule has 10 rings (SSSR count). The van der Waals surface area contributed by atoms with Gasteiger partial charge >= 0.3 is 0 Å². The maximum atomic E-state index is 11.1. The summed E-state index contributed by atoms with van der Waals surface area (Å²) in [5, 5.41) is 13.5. The summed E-state index contributed by atoms with van der Waals surface area (Å²) in [5.41, 5.74) is 17.2. The second kappa shape index (κ2) is 16.6. The van der Waals surface area contributed by atoms with Gasteiger partial charge in [-0.05, 0) is 92.2 Å². The monoisotopic (exact) mass is 1030 g/mol. The van der Waals surface area contributed by atoms with Crippen LogP contribution in [0.25, 0.3) is 106 Å². The molecule has 3 heterocycles. The van der Waals surface area contributed by atoms with E-state index in [1.54, 1.807) is 6.07 Å². The van der Waals surface area contributed by atoms with Gasteiger partial charge in [-0.2, -0.15) is 0 Å². The molecule has 65 heavy (non-hydrogen) atoms. The maximum Gasteiger partial charge on any atom is 0.143 e. The summed E-state index contributed by atoms with van der Waals surface area (Å²) in [4.78, 5) is 10.4. The topological polar surface area (TPSA) is 55.9 Å². The third kappa shape index (κ3) is 7.83. The molecule has 6 heteroatoms. The minimum absolute atomic E-state index is 0. The number of aromatic hydroxyl groups is 1. The van der Waals surface area contributed by atoms with Crippen LogP contribution in [0.2, 0.25) is 0 Å². The Balaban J connectivity index is 0.00000533. The number of pyridine rings is 1. The number of hydrogen-bond acceptors (Lipinski definition) is 3. The Morgan fingerprint density at radius 1 is 0.554 bits per heavy atom. The number of phenols is 1. The number of para-hydroxylation sites is 2. The first-order valence-corrected chi connectivity index (χ1v) is 22.0. The molecule has 0 bridgehead atoms. The van der Waals surface area contributed by atoms with Crippen molar-refractivity contribution in [1.29, 1.82) is 0 Å². The van der Waals surface area contributed by atoms with Crippen LogP contribution < -0.4 is 0 Å². The van der Waals surface area contributed by atoms with Crippen molar-refractivity contribution in [3.05, 3.63) is 182 Å². The molecule has 0 radical (unpaired) electrons. The van der Waals surface area contributed by atoms with Gasteiger partial charge in [0.15, 0.2) is 0 Å². The predicted molar refractivity (Wildman–Crippen MR) is 268 cm³/mol. The van der Waals surface area contributed by atoms with Crippen LogP contribution in [0.5, 0.6) is 5.75 Å². The van der Waals surface area contributed by atoms with Crippen LogP contribution >= 0.6 is 0 Å². The zero-order chi connectivity index (χ0) is 44.5. The van der Waals surface area contributed by atoms with Crippen LogP contribution in [0, 0.1) is 6.07 Å². The van der Waals surface area contributed by atoms with Crippen LogP contribution in [0.1, 0.15) is 52.7 Å². The van der Waals surface area contributed by atoms with Crippen molar-refractivity contribution >= 4 is 39.0 Å². The number of aromatic nitrogens is 4. The van der Waals surface area contributed by atoms with Gasteiger partial charge in [0.2, 0.25) is 0 Å². The van der Waals surface area contributed by atoms with Crippen LogP contribution in [-0.4, -0.2) is 24.2 Å². The van der Waals surface area contributed by atoms with Crippen molar-refractivity contribution in [1.82, 2.24) is 19.1 Å². The molecular weight excluding hydrogens is 976 g/mol. The number of aryl methyl sites for hydroxylation is 1. The third-order valence-corrected chi connectivity index (χ3v) is 12.7. The van der Waals surface area contributed by atoms with Crippen LogP contribution in [0.4, 0.5) is 0 Å². The SMILES string of the molecule is C=Cn1c2ccccc2c2cc(-c3ccnc(-c4[c-]c(-c5cc(-c6cc(C(C)(C)C)ccc6-c6ccccc6)cc6c5nc(-c5ccccc5O)n6C)cc(C(C)(C)C)c4)c3)ccc21.[Pt]. The number of hydrogen-bond donors (Lipinski definition) is 1. The fraction of sp³-hybridized carbons (Fsp3) is 0.153. The van der Waals surface area contributed by atoms with E-state index in [2.05, 4.69) is 191 Å². The van der Waals surface area contributed by atoms with Gasteiger partial charge in [0, 0.05) is 57.0 Å². The molecule has 0 spiro atoms. The minimum Gasteiger partial charge on any atom is -0.507 e. The molecular formula is C59H51N4OPt-. The average molecular weight is 1030 g/mol. The molecule has 0 fully saturated rings. The molecule has 1 N–H and O–H groups in total. The van der Waals surface area contributed by atoms with E-state index in [0.717, 1.165) is 83.4 Å². The molecule has 324 valence electrons. The third-order valence-electron chi connectivity index (χ3n) is 12.7. The van der Waals surface area contributed by atoms with Gasteiger partial charge in [0.25, 0.3) is 0 Å². The van der Waals surface area contributed by atoms with Gasteiger partial charge in [-0.15, -0.1) is 29.3 Å². The fourth-order valence-corrected chi connectivity index (χ4v) is 9.09. The molecule has 0 aliphatic carbocycles. The van der Waals surface area contributed by atoms with Crippen LogP contribution in [-0.2, 0) is 38.9 Å². The second-order valence-electron chi connectivity index (χ2n) is 19.0. The second-order valence-corrected chi connectivity index (χ2v) is 19.0. The maximum absolute atomic E-state index is 11.1. The largest absolute Gasteiger partial charge is 0.507 e. The van der Waals surface area contributed by atoms with Gasteiger partial charge in [-0.25, -0.2) is 4.98 Å². The standard InChI is InChI=1S/C59H51N4O.Pt/c1-9-63-52-21-15-13-19-46(52)50-32-38(23-26-53(50)63)39-27-28-60-51(34-39)42-29-40(30-44(31-42)59(5,6)7)49-33-41(35-54-56(49)61-57(62(54)8)47-20-14-16-22-55(47)64)48-36-43(58(2,3)4)24-25-45(48)37-17-11-10-12-18-37;/h9-28,30-36,64H,1H2,2-8H3;/q-1;. The molecule has 3 aromatic heterocycles. The molecule has 0 saturated carbocycles. The number of nitrogens with zero attached hydrogens (tertiary/aromatic N) is 4. The van der Waals surface area contributed by atoms with Gasteiger partial charge < -0.3 is 14.2 Å². The quantitative estimate of drug-likeness (QED) is 0.162. The number of imidazole rings is 1. The molecule has 0 unspecified atom stereocenters. The van der Waals surface area contributed by atoms with Crippen molar-refractivity contribution in [2.24, 2.45) is 7.05 Å². The minimum atomic E-state index is -0.191. The normalized spacial score (nSPS) is 11.9. The Hall–Kier alpha value is -6.81. The molecule has 0 amide bonds. The summed E-state index contributed by atoms with van der Waals surface area (Å²) in [6.07, 6.45) is 3.79. The van der Waals surface area contributed by atoms with Gasteiger partial charge in [0.05, 0.1) is 27.6 Å². The van der Waals surface area contributed by atoms with E-state index in [9.17, 15) is 5.11 Å². The molecule has 10 aromatic rings. The first-order valence-electron chi connectivity index (χ1n) is 22.0. The van der Waals surface area contributed by atoms with E-state index in [1.165, 1.54) is 16.3 Å². The molecule has 7 aromatic carbocycles. The van der Waals surface area contributed by atoms with Crippen molar-refractivity contribution in [3.63, 3.8) is 0 Å². The number of benzene rings is 7. The molecule has 0 saturated heterocycles. The van der Waals surface area contributed by atoms with Crippen molar-refractivity contribution in [2.75, 3.05) is 0 Å². The Bertz CT molecular complexity index is 3450. The van der Waals surface area contributed by atoms with Crippen LogP contribution in [0.15, 0.2) is 164 Å². The summed E-state index contributed by atoms with van der Waals surface area (Å²) in [6.45, 7) is 17.7. The molecule has 0 aliphatic heterocycles. The smallest absolute Gasteiger partial charge is 0.143 e. The Kier molecular flexibility index (Phi) is 11.1. The van der Waals surface area contributed by atoms with E-state index in [-0.39, 0.29) is 37.6 Å². The summed E-state index contributed by atoms with van der Waals surface area (Å²) in [7, 11) is 2.04. The van der Waals surface area contributed by atoms with Crippen molar-refractivity contribution in [3.8, 4) is 72.9 Å². The van der Waals surface area contributed by atoms with E-state index in [4.69, 9.17) is 9.97 Å². The zero-order valence-corrected chi connectivity index (χ0v) is 40.1. The van der Waals surface area contributed by atoms with Crippen LogP contribution in [0.3, 0.4) is 0 Å². The predicted octanol–water partition coefficient (Wildman–Crippen LogP) is 15.3. The van der Waals surface area contributed by atoms with Gasteiger partial charge in [0.1, 0.15) is 11.6 Å². The first kappa shape index (κ1) is 43.4. The molecule has 5 nitrogen and oxygen atoms in total. The number of phenolic OH excluding ortho intramolecular Hbond substituents is 1. The number of rotatable bonds is 7. The zero-order valence-electron chi connectivity index (χ0n) is 37.8. The number of fused-ring (bicyclic) bond motifs is 4. The van der Waals surface area contributed by atoms with E-state index in [0.29, 0.717) is 11.4 Å². The fourth-order valence-electron chi connectivity index (χ4n) is 9.09. The first-order chi connectivity index (χ1) is 30.8. The Morgan fingerprint density at radius 3 is 2.00 bits per heavy atom. The average Bonchev–Trinajstić information content (AvgIpc) is 3.81. The summed E-state index contributed by atoms with van der Waals surface area (Å²) < 4.78 is 4.26. The Labute approximate surface area is 396 Å². The van der Waals surface area contributed by atoms with E-state index < -0.39 is 0 Å². The molecule has 0 atom stereocenters. The van der Waals surface area contributed by atoms with E-state index in [1.807, 2.05) is 37.6 Å². The van der Waals surface area contributed by atoms with Gasteiger partial charge in [-0.1, -0.05) is 156 Å². The van der Waals surface area contributed by atoms with Crippen molar-refractivity contribution < 1.29 is 26.2 Å². The summed E-state index contributed by atoms with van der Waals surface area (Å²) in [6, 6.07) is 57.3. The Morgan fingerprint density at radius 2 is 1.25 bits per heavy atom. The summed E-state index contributed by atoms with van der Waals surface area (Å²) in [5.74, 6) is 0.875. The molecule has 0 aliphatic rings. The van der Waals surface area contributed by atoms with E-state index >= 15 is 0 Å².